The summed E-state index contributed by atoms with van der Waals surface area (Å²) in [5, 5.41) is 3.38. The summed E-state index contributed by atoms with van der Waals surface area (Å²) in [5.74, 6) is 2.46. The molecule has 0 aromatic heterocycles. The molecule has 5 heteroatoms. The van der Waals surface area contributed by atoms with E-state index in [-0.39, 0.29) is 16.1 Å². The fourth-order valence-corrected chi connectivity index (χ4v) is 6.10. The number of nitrogens with zero attached hydrogens (tertiary/aromatic N) is 2. The Bertz CT molecular complexity index is 1070. The highest BCUT2D eigenvalue weighted by atomic mass is 16.1. The zero-order chi connectivity index (χ0) is 30.4. The Balaban J connectivity index is 0. The SMILES string of the molecule is C.CC(C)=O.CC1(C)CCCNC1.CN=CC1=C(C2CCC[C@@H](CC(=O)CCc3ccccc3C)C2)N=CC(C)C1C.[HH].[HH]. The summed E-state index contributed by atoms with van der Waals surface area (Å²) in [6, 6.07) is 8.40. The molecule has 0 bridgehead atoms. The maximum absolute atomic E-state index is 12.7. The minimum Gasteiger partial charge on any atom is -0.316 e. The van der Waals surface area contributed by atoms with Crippen molar-refractivity contribution < 1.29 is 12.4 Å². The number of carbonyl (C=O) groups excluding carboxylic acids is 2. The van der Waals surface area contributed by atoms with Crippen LogP contribution in [0.15, 0.2) is 45.5 Å². The fraction of sp³-hybridized carbons (Fsp3) is 0.676. The summed E-state index contributed by atoms with van der Waals surface area (Å²) in [6.45, 7) is 16.8. The van der Waals surface area contributed by atoms with Gasteiger partial charge in [0.05, 0.1) is 0 Å². The Kier molecular flexibility index (Phi) is 17.0. The van der Waals surface area contributed by atoms with E-state index in [2.05, 4.69) is 75.4 Å². The van der Waals surface area contributed by atoms with Gasteiger partial charge in [-0.25, -0.2) is 0 Å². The van der Waals surface area contributed by atoms with E-state index in [1.807, 2.05) is 13.3 Å². The molecule has 3 unspecified atom stereocenters. The van der Waals surface area contributed by atoms with Gasteiger partial charge in [0.1, 0.15) is 11.6 Å². The molecule has 5 nitrogen and oxygen atoms in total. The van der Waals surface area contributed by atoms with Crippen molar-refractivity contribution in [2.45, 2.75) is 114 Å². The van der Waals surface area contributed by atoms with Gasteiger partial charge < -0.3 is 10.1 Å². The molecule has 4 atom stereocenters. The molecule has 1 aromatic carbocycles. The number of benzene rings is 1. The lowest BCUT2D eigenvalue weighted by atomic mass is 9.74. The van der Waals surface area contributed by atoms with E-state index >= 15 is 0 Å². The van der Waals surface area contributed by atoms with E-state index in [1.165, 1.54) is 81.4 Å². The van der Waals surface area contributed by atoms with Crippen molar-refractivity contribution in [1.82, 2.24) is 5.32 Å². The number of rotatable bonds is 7. The number of nitrogens with one attached hydrogen (secondary N) is 1. The van der Waals surface area contributed by atoms with Crippen molar-refractivity contribution >= 4 is 24.0 Å². The standard InChI is InChI=1S/C26H36N2O.C7H15N.C3H6O.CH4.2H2/c1-18-8-5-6-10-22(18)12-13-24(29)15-21-9-7-11-23(14-21)26-25(17-27-4)20(3)19(2)16-28-26;1-7(2)4-3-5-8-6-7;1-3(2)4;;;/h5-6,8,10,16-17,19-21,23H,7,9,11-15H2,1-4H3;8H,3-6H2,1-2H3;1-2H3;1H4;2*1H/t19?,20?,21-,23?;;;;;/m1...../s1. The Morgan fingerprint density at radius 1 is 1.14 bits per heavy atom. The second-order valence-electron chi connectivity index (χ2n) is 13.4. The van der Waals surface area contributed by atoms with Crippen molar-refractivity contribution in [1.29, 1.82) is 0 Å². The topological polar surface area (TPSA) is 70.9 Å². The summed E-state index contributed by atoms with van der Waals surface area (Å²) in [5.41, 5.74) is 5.69. The van der Waals surface area contributed by atoms with Crippen LogP contribution >= 0.6 is 0 Å². The van der Waals surface area contributed by atoms with E-state index in [9.17, 15) is 9.59 Å². The van der Waals surface area contributed by atoms with Crippen molar-refractivity contribution in [2.75, 3.05) is 20.1 Å². The van der Waals surface area contributed by atoms with Crippen molar-refractivity contribution in [3.8, 4) is 0 Å². The van der Waals surface area contributed by atoms with Gasteiger partial charge >= 0.3 is 0 Å². The number of aliphatic imine (C=N–C) groups is 2. The molecule has 1 aliphatic carbocycles. The lowest BCUT2D eigenvalue weighted by Gasteiger charge is -2.33. The monoisotopic (exact) mass is 584 g/mol. The minimum absolute atomic E-state index is 0. The van der Waals surface area contributed by atoms with Crippen molar-refractivity contribution in [3.63, 3.8) is 0 Å². The predicted molar refractivity (Wildman–Crippen MR) is 186 cm³/mol. The molecule has 42 heavy (non-hydrogen) atoms. The fourth-order valence-electron chi connectivity index (χ4n) is 6.10. The van der Waals surface area contributed by atoms with E-state index in [4.69, 9.17) is 4.99 Å². The van der Waals surface area contributed by atoms with Gasteiger partial charge in [-0.2, -0.15) is 0 Å². The van der Waals surface area contributed by atoms with Gasteiger partial charge in [0.15, 0.2) is 0 Å². The van der Waals surface area contributed by atoms with Crippen LogP contribution in [0.25, 0.3) is 0 Å². The molecule has 0 amide bonds. The molecule has 1 saturated heterocycles. The quantitative estimate of drug-likeness (QED) is 0.325. The number of hydrogen-bond donors (Lipinski definition) is 1. The van der Waals surface area contributed by atoms with E-state index in [1.54, 1.807) is 0 Å². The summed E-state index contributed by atoms with van der Waals surface area (Å²) >= 11 is 0. The third-order valence-electron chi connectivity index (χ3n) is 8.72. The number of ketones is 2. The largest absolute Gasteiger partial charge is 0.316 e. The highest BCUT2D eigenvalue weighted by molar-refractivity contribution is 5.84. The first-order valence-electron chi connectivity index (χ1n) is 15.9. The van der Waals surface area contributed by atoms with Crippen LogP contribution in [0.2, 0.25) is 0 Å². The van der Waals surface area contributed by atoms with Gasteiger partial charge in [0.25, 0.3) is 0 Å². The lowest BCUT2D eigenvalue weighted by molar-refractivity contribution is -0.120. The molecule has 3 aliphatic rings. The van der Waals surface area contributed by atoms with Gasteiger partial charge in [-0.3, -0.25) is 14.8 Å². The maximum atomic E-state index is 12.7. The number of allylic oxidation sites excluding steroid dienone is 2. The molecule has 2 aliphatic heterocycles. The zero-order valence-corrected chi connectivity index (χ0v) is 27.3. The first kappa shape index (κ1) is 37.6. The van der Waals surface area contributed by atoms with Crippen LogP contribution < -0.4 is 5.32 Å². The molecule has 1 N–H and O–H groups in total. The first-order valence-corrected chi connectivity index (χ1v) is 15.9. The highest BCUT2D eigenvalue weighted by Crippen LogP contribution is 2.40. The van der Waals surface area contributed by atoms with Crippen LogP contribution in [0, 0.1) is 36.0 Å². The molecule has 4 rings (SSSR count). The normalized spacial score (nSPS) is 25.0. The first-order chi connectivity index (χ1) is 19.4. The van der Waals surface area contributed by atoms with Gasteiger partial charge in [-0.1, -0.05) is 65.8 Å². The summed E-state index contributed by atoms with van der Waals surface area (Å²) in [4.78, 5) is 31.3. The number of aryl methyl sites for hydroxylation is 2. The highest BCUT2D eigenvalue weighted by Gasteiger charge is 2.31. The van der Waals surface area contributed by atoms with Crippen molar-refractivity contribution in [3.05, 3.63) is 46.7 Å². The number of Topliss-reactive ketones (excluding diaryl/α,β-unsaturated/α-hetero) is 2. The van der Waals surface area contributed by atoms with Crippen molar-refractivity contribution in [2.24, 2.45) is 39.1 Å². The van der Waals surface area contributed by atoms with Crippen LogP contribution in [0.4, 0.5) is 0 Å². The minimum atomic E-state index is 0. The van der Waals surface area contributed by atoms with Crippen LogP contribution in [-0.2, 0) is 16.0 Å². The van der Waals surface area contributed by atoms with Crippen LogP contribution in [0.3, 0.4) is 0 Å². The summed E-state index contributed by atoms with van der Waals surface area (Å²) < 4.78 is 0. The molecule has 1 aromatic rings. The molecule has 2 fully saturated rings. The predicted octanol–water partition coefficient (Wildman–Crippen LogP) is 9.12. The maximum Gasteiger partial charge on any atom is 0.133 e. The average molecular weight is 584 g/mol. The molecule has 240 valence electrons. The Labute approximate surface area is 261 Å². The van der Waals surface area contributed by atoms with Crippen LogP contribution in [0.5, 0.6) is 0 Å². The number of piperidine rings is 1. The Morgan fingerprint density at radius 2 is 1.83 bits per heavy atom. The smallest absolute Gasteiger partial charge is 0.133 e. The van der Waals surface area contributed by atoms with Gasteiger partial charge in [-0.05, 0) is 106 Å². The van der Waals surface area contributed by atoms with Gasteiger partial charge in [0, 0.05) is 53.3 Å². The molecular formula is C37H65N3O2. The van der Waals surface area contributed by atoms with Gasteiger partial charge in [0.2, 0.25) is 0 Å². The third kappa shape index (κ3) is 13.3. The summed E-state index contributed by atoms with van der Waals surface area (Å²) in [6.07, 6.45) is 13.8. The molecule has 0 radical (unpaired) electrons. The van der Waals surface area contributed by atoms with Gasteiger partial charge in [-0.15, -0.1) is 0 Å². The Hall–Kier alpha value is -2.40. The molecule has 2 heterocycles. The third-order valence-corrected chi connectivity index (χ3v) is 8.72. The molecule has 1 saturated carbocycles. The number of carbonyl (C=O) groups is 2. The van der Waals surface area contributed by atoms with E-state index in [0.29, 0.717) is 41.3 Å². The lowest BCUT2D eigenvalue weighted by Crippen LogP contribution is -2.35. The zero-order valence-electron chi connectivity index (χ0n) is 27.3. The second-order valence-corrected chi connectivity index (χ2v) is 13.4. The average Bonchev–Trinajstić information content (AvgIpc) is 2.91. The van der Waals surface area contributed by atoms with Crippen LogP contribution in [-0.4, -0.2) is 44.1 Å². The van der Waals surface area contributed by atoms with E-state index < -0.39 is 0 Å². The van der Waals surface area contributed by atoms with Crippen LogP contribution in [0.1, 0.15) is 114 Å². The van der Waals surface area contributed by atoms with E-state index in [0.717, 1.165) is 19.3 Å². The molecule has 0 spiro atoms. The summed E-state index contributed by atoms with van der Waals surface area (Å²) in [7, 11) is 1.84. The number of hydrogen-bond acceptors (Lipinski definition) is 5. The molecular weight excluding hydrogens is 518 g/mol. The second kappa shape index (κ2) is 19.0. The Morgan fingerprint density at radius 3 is 2.40 bits per heavy atom.